The zero-order chi connectivity index (χ0) is 15.9. The fourth-order valence-electron chi connectivity index (χ4n) is 2.32. The number of halogens is 3. The molecule has 22 heavy (non-hydrogen) atoms. The summed E-state index contributed by atoms with van der Waals surface area (Å²) in [6.45, 7) is 0.0213. The molecule has 3 rings (SSSR count). The summed E-state index contributed by atoms with van der Waals surface area (Å²) in [5.41, 5.74) is 0.204. The highest BCUT2D eigenvalue weighted by Gasteiger charge is 2.30. The van der Waals surface area contributed by atoms with Crippen LogP contribution in [0.3, 0.4) is 0 Å². The van der Waals surface area contributed by atoms with Crippen molar-refractivity contribution in [3.63, 3.8) is 0 Å². The summed E-state index contributed by atoms with van der Waals surface area (Å²) in [6, 6.07) is 4.91. The van der Waals surface area contributed by atoms with E-state index in [9.17, 15) is 18.0 Å². The SMILES string of the molecule is Cn1c(=O)n(Cc2cccc(C(F)(F)F)c2)c2cncnc21. The van der Waals surface area contributed by atoms with Crippen LogP contribution in [0.1, 0.15) is 11.1 Å². The molecule has 8 heteroatoms. The summed E-state index contributed by atoms with van der Waals surface area (Å²) in [4.78, 5) is 20.1. The molecule has 0 aliphatic heterocycles. The first-order valence-electron chi connectivity index (χ1n) is 6.39. The van der Waals surface area contributed by atoms with E-state index >= 15 is 0 Å². The van der Waals surface area contributed by atoms with Crippen molar-refractivity contribution in [2.24, 2.45) is 7.05 Å². The lowest BCUT2D eigenvalue weighted by atomic mass is 10.1. The van der Waals surface area contributed by atoms with Crippen molar-refractivity contribution in [2.45, 2.75) is 12.7 Å². The molecular formula is C14H11F3N4O. The Morgan fingerprint density at radius 1 is 1.27 bits per heavy atom. The van der Waals surface area contributed by atoms with E-state index < -0.39 is 11.7 Å². The van der Waals surface area contributed by atoms with E-state index in [1.165, 1.54) is 27.7 Å². The minimum atomic E-state index is -4.41. The number of hydrogen-bond donors (Lipinski definition) is 0. The lowest BCUT2D eigenvalue weighted by Crippen LogP contribution is -2.23. The molecule has 2 aromatic heterocycles. The highest BCUT2D eigenvalue weighted by Crippen LogP contribution is 2.29. The normalized spacial score (nSPS) is 12.0. The average Bonchev–Trinajstić information content (AvgIpc) is 2.72. The molecule has 0 unspecified atom stereocenters. The van der Waals surface area contributed by atoms with Gasteiger partial charge in [0.15, 0.2) is 5.65 Å². The number of rotatable bonds is 2. The Morgan fingerprint density at radius 3 is 2.77 bits per heavy atom. The van der Waals surface area contributed by atoms with Crippen molar-refractivity contribution in [3.8, 4) is 0 Å². The molecule has 0 spiro atoms. The molecule has 0 radical (unpaired) electrons. The number of aryl methyl sites for hydroxylation is 1. The van der Waals surface area contributed by atoms with Gasteiger partial charge in [0.25, 0.3) is 0 Å². The van der Waals surface area contributed by atoms with Crippen LogP contribution in [0.5, 0.6) is 0 Å². The summed E-state index contributed by atoms with van der Waals surface area (Å²) in [7, 11) is 1.56. The summed E-state index contributed by atoms with van der Waals surface area (Å²) in [5.74, 6) is 0. The van der Waals surface area contributed by atoms with Crippen molar-refractivity contribution in [1.82, 2.24) is 19.1 Å². The number of nitrogens with zero attached hydrogens (tertiary/aromatic N) is 4. The zero-order valence-corrected chi connectivity index (χ0v) is 11.5. The van der Waals surface area contributed by atoms with Crippen LogP contribution < -0.4 is 5.69 Å². The van der Waals surface area contributed by atoms with Crippen LogP contribution in [0.15, 0.2) is 41.6 Å². The van der Waals surface area contributed by atoms with Crippen LogP contribution >= 0.6 is 0 Å². The molecule has 0 aliphatic rings. The smallest absolute Gasteiger partial charge is 0.284 e. The second kappa shape index (κ2) is 4.97. The van der Waals surface area contributed by atoms with Crippen molar-refractivity contribution in [3.05, 3.63) is 58.4 Å². The molecule has 5 nitrogen and oxygen atoms in total. The van der Waals surface area contributed by atoms with Gasteiger partial charge in [-0.25, -0.2) is 14.8 Å². The minimum Gasteiger partial charge on any atom is -0.284 e. The van der Waals surface area contributed by atoms with Gasteiger partial charge in [0.1, 0.15) is 11.8 Å². The molecule has 0 saturated heterocycles. The van der Waals surface area contributed by atoms with Crippen LogP contribution in [0.25, 0.3) is 11.2 Å². The Bertz CT molecular complexity index is 895. The predicted molar refractivity (Wildman–Crippen MR) is 73.3 cm³/mol. The van der Waals surface area contributed by atoms with Crippen molar-refractivity contribution in [2.75, 3.05) is 0 Å². The molecule has 0 N–H and O–H groups in total. The number of alkyl halides is 3. The van der Waals surface area contributed by atoms with Gasteiger partial charge in [0.2, 0.25) is 0 Å². The van der Waals surface area contributed by atoms with Crippen molar-refractivity contribution < 1.29 is 13.2 Å². The predicted octanol–water partition coefficient (Wildman–Crippen LogP) is 2.20. The fourth-order valence-corrected chi connectivity index (χ4v) is 2.32. The van der Waals surface area contributed by atoms with Gasteiger partial charge in [0.05, 0.1) is 18.3 Å². The standard InChI is InChI=1S/C14H11F3N4O/c1-20-12-11(6-18-8-19-12)21(13(20)22)7-9-3-2-4-10(5-9)14(15,16)17/h2-6,8H,7H2,1H3. The van der Waals surface area contributed by atoms with Gasteiger partial charge in [-0.05, 0) is 17.7 Å². The molecule has 0 atom stereocenters. The van der Waals surface area contributed by atoms with Crippen LogP contribution in [0.2, 0.25) is 0 Å². The summed E-state index contributed by atoms with van der Waals surface area (Å²) in [5, 5.41) is 0. The molecule has 0 fully saturated rings. The van der Waals surface area contributed by atoms with Crippen LogP contribution in [-0.4, -0.2) is 19.1 Å². The number of fused-ring (bicyclic) bond motifs is 1. The molecule has 114 valence electrons. The Morgan fingerprint density at radius 2 is 2.05 bits per heavy atom. The first kappa shape index (κ1) is 14.3. The molecule has 0 amide bonds. The van der Waals surface area contributed by atoms with Crippen molar-refractivity contribution in [1.29, 1.82) is 0 Å². The fraction of sp³-hybridized carbons (Fsp3) is 0.214. The highest BCUT2D eigenvalue weighted by molar-refractivity contribution is 5.70. The van der Waals surface area contributed by atoms with E-state index in [1.54, 1.807) is 13.1 Å². The molecule has 3 aromatic rings. The average molecular weight is 308 g/mol. The Balaban J connectivity index is 2.08. The number of aromatic nitrogens is 4. The maximum atomic E-state index is 12.8. The second-order valence-electron chi connectivity index (χ2n) is 4.86. The van der Waals surface area contributed by atoms with E-state index in [0.717, 1.165) is 12.1 Å². The lowest BCUT2D eigenvalue weighted by molar-refractivity contribution is -0.137. The minimum absolute atomic E-state index is 0.0213. The van der Waals surface area contributed by atoms with Gasteiger partial charge >= 0.3 is 11.9 Å². The van der Waals surface area contributed by atoms with Crippen LogP contribution in [0, 0.1) is 0 Å². The van der Waals surface area contributed by atoms with Gasteiger partial charge in [-0.1, -0.05) is 12.1 Å². The third kappa shape index (κ3) is 2.36. The largest absolute Gasteiger partial charge is 0.416 e. The van der Waals surface area contributed by atoms with Crippen LogP contribution in [0.4, 0.5) is 13.2 Å². The Hall–Kier alpha value is -2.64. The van der Waals surface area contributed by atoms with Gasteiger partial charge in [0, 0.05) is 7.05 Å². The third-order valence-electron chi connectivity index (χ3n) is 3.39. The molecule has 1 aromatic carbocycles. The summed E-state index contributed by atoms with van der Waals surface area (Å²) in [6.07, 6.45) is -1.63. The van der Waals surface area contributed by atoms with Gasteiger partial charge in [-0.2, -0.15) is 13.2 Å². The van der Waals surface area contributed by atoms with Crippen LogP contribution in [-0.2, 0) is 19.8 Å². The van der Waals surface area contributed by atoms with Gasteiger partial charge in [-0.15, -0.1) is 0 Å². The number of benzene rings is 1. The van der Waals surface area contributed by atoms with E-state index in [-0.39, 0.29) is 12.2 Å². The summed E-state index contributed by atoms with van der Waals surface area (Å²) >= 11 is 0. The van der Waals surface area contributed by atoms with Gasteiger partial charge < -0.3 is 0 Å². The molecule has 2 heterocycles. The quantitative estimate of drug-likeness (QED) is 0.729. The van der Waals surface area contributed by atoms with E-state index in [2.05, 4.69) is 9.97 Å². The van der Waals surface area contributed by atoms with Crippen molar-refractivity contribution >= 4 is 11.2 Å². The molecule has 0 saturated carbocycles. The third-order valence-corrected chi connectivity index (χ3v) is 3.39. The maximum absolute atomic E-state index is 12.8. The number of hydrogen-bond acceptors (Lipinski definition) is 3. The molecular weight excluding hydrogens is 297 g/mol. The Labute approximate surface area is 122 Å². The Kier molecular flexibility index (Phi) is 3.23. The van der Waals surface area contributed by atoms with Gasteiger partial charge in [-0.3, -0.25) is 9.13 Å². The van der Waals surface area contributed by atoms with E-state index in [4.69, 9.17) is 0 Å². The van der Waals surface area contributed by atoms with E-state index in [1.807, 2.05) is 0 Å². The second-order valence-corrected chi connectivity index (χ2v) is 4.86. The first-order valence-corrected chi connectivity index (χ1v) is 6.39. The maximum Gasteiger partial charge on any atom is 0.416 e. The summed E-state index contributed by atoms with van der Waals surface area (Å²) < 4.78 is 40.9. The number of imidazole rings is 1. The monoisotopic (exact) mass is 308 g/mol. The molecule has 0 aliphatic carbocycles. The molecule has 0 bridgehead atoms. The zero-order valence-electron chi connectivity index (χ0n) is 11.5. The lowest BCUT2D eigenvalue weighted by Gasteiger charge is -2.09. The van der Waals surface area contributed by atoms with E-state index in [0.29, 0.717) is 16.7 Å². The topological polar surface area (TPSA) is 52.7 Å². The first-order chi connectivity index (χ1) is 10.4. The highest BCUT2D eigenvalue weighted by atomic mass is 19.4.